The van der Waals surface area contributed by atoms with E-state index in [0.717, 1.165) is 24.8 Å². The van der Waals surface area contributed by atoms with Crippen LogP contribution in [0.4, 0.5) is 0 Å². The molecule has 1 atom stereocenters. The normalized spacial score (nSPS) is 19.7. The van der Waals surface area contributed by atoms with Crippen LogP contribution in [0.3, 0.4) is 0 Å². The maximum Gasteiger partial charge on any atom is 0.241 e. The highest BCUT2D eigenvalue weighted by Crippen LogP contribution is 2.29. The van der Waals surface area contributed by atoms with Gasteiger partial charge in [-0.3, -0.25) is 4.79 Å². The highest BCUT2D eigenvalue weighted by Gasteiger charge is 2.27. The van der Waals surface area contributed by atoms with Crippen molar-refractivity contribution in [3.05, 3.63) is 82.3 Å². The lowest BCUT2D eigenvalue weighted by molar-refractivity contribution is -0.122. The maximum atomic E-state index is 12.7. The number of carbonyl (C=O) groups excluding carboxylic acids is 1. The third-order valence-electron chi connectivity index (χ3n) is 4.56. The maximum absolute atomic E-state index is 12.7. The Morgan fingerprint density at radius 2 is 2.10 bits per heavy atom. The number of rotatable bonds is 9. The molecule has 0 aromatic heterocycles. The number of sulfonamides is 1. The monoisotopic (exact) mass is 430 g/mol. The summed E-state index contributed by atoms with van der Waals surface area (Å²) in [6.07, 6.45) is 18.5. The zero-order valence-corrected chi connectivity index (χ0v) is 18.5. The second-order valence-corrected chi connectivity index (χ2v) is 8.61. The Morgan fingerprint density at radius 1 is 1.33 bits per heavy atom. The Kier molecular flexibility index (Phi) is 8.62. The standard InChI is InChI=1S/C23H30N2O4S/c1-4-6-12-20(9-5-2)29-22-17(3)13-14-19(15-21(22)30(24,27)28)23(26)25-16-18-10-7-8-11-18/h6-10,12-15,19H,4-5,11,16H2,1-3H3,(H,25,26)(H2,24,27,28)/b12-6-,20-9+. The quantitative estimate of drug-likeness (QED) is 0.428. The Bertz CT molecular complexity index is 977. The summed E-state index contributed by atoms with van der Waals surface area (Å²) in [5.74, 6) is -0.425. The Balaban J connectivity index is 2.32. The minimum Gasteiger partial charge on any atom is -0.456 e. The molecule has 0 saturated heterocycles. The van der Waals surface area contributed by atoms with E-state index in [1.54, 1.807) is 25.2 Å². The number of carbonyl (C=O) groups is 1. The first-order valence-electron chi connectivity index (χ1n) is 10.1. The number of primary sulfonamides is 1. The number of nitrogens with one attached hydrogen (secondary N) is 1. The van der Waals surface area contributed by atoms with Gasteiger partial charge < -0.3 is 10.1 Å². The molecule has 0 bridgehead atoms. The molecule has 2 aliphatic rings. The third-order valence-corrected chi connectivity index (χ3v) is 5.49. The summed E-state index contributed by atoms with van der Waals surface area (Å²) in [6.45, 7) is 6.10. The summed E-state index contributed by atoms with van der Waals surface area (Å²) in [7, 11) is -4.12. The predicted molar refractivity (Wildman–Crippen MR) is 120 cm³/mol. The number of nitrogens with two attached hydrogens (primary N) is 1. The van der Waals surface area contributed by atoms with Crippen LogP contribution in [-0.4, -0.2) is 20.9 Å². The third kappa shape index (κ3) is 6.71. The number of ether oxygens (including phenoxy) is 1. The second kappa shape index (κ2) is 10.9. The SMILES string of the molecule is CC/C=C\C(=C/CC)OC1=C(C)C=CC(C(=O)NCC2=CC=CC2)C=C1S(N)(=O)=O. The van der Waals surface area contributed by atoms with E-state index in [0.29, 0.717) is 17.9 Å². The lowest BCUT2D eigenvalue weighted by atomic mass is 10.1. The van der Waals surface area contributed by atoms with E-state index in [-0.39, 0.29) is 16.6 Å². The van der Waals surface area contributed by atoms with Gasteiger partial charge >= 0.3 is 0 Å². The molecule has 2 aliphatic carbocycles. The highest BCUT2D eigenvalue weighted by atomic mass is 32.2. The van der Waals surface area contributed by atoms with Crippen LogP contribution in [0.15, 0.2) is 82.3 Å². The Labute approximate surface area is 179 Å². The van der Waals surface area contributed by atoms with Crippen molar-refractivity contribution in [2.75, 3.05) is 6.54 Å². The summed E-state index contributed by atoms with van der Waals surface area (Å²) < 4.78 is 30.7. The fraction of sp³-hybridized carbons (Fsp3) is 0.348. The minimum absolute atomic E-state index is 0.132. The lowest BCUT2D eigenvalue weighted by Gasteiger charge is -2.15. The average molecular weight is 431 g/mol. The number of hydrogen-bond donors (Lipinski definition) is 2. The minimum atomic E-state index is -4.12. The summed E-state index contributed by atoms with van der Waals surface area (Å²) in [5.41, 5.74) is 1.66. The molecule has 0 aliphatic heterocycles. The van der Waals surface area contributed by atoms with Gasteiger partial charge in [-0.2, -0.15) is 0 Å². The summed E-state index contributed by atoms with van der Waals surface area (Å²) in [5, 5.41) is 8.35. The van der Waals surface area contributed by atoms with Crippen molar-refractivity contribution in [3.63, 3.8) is 0 Å². The Hall–Kier alpha value is -2.64. The van der Waals surface area contributed by atoms with E-state index in [1.807, 2.05) is 44.2 Å². The fourth-order valence-corrected chi connectivity index (χ4v) is 3.77. The van der Waals surface area contributed by atoms with Gasteiger partial charge in [-0.25, -0.2) is 13.6 Å². The molecule has 0 saturated carbocycles. The van der Waals surface area contributed by atoms with Crippen LogP contribution in [-0.2, 0) is 19.6 Å². The number of amides is 1. The van der Waals surface area contributed by atoms with E-state index in [1.165, 1.54) is 6.08 Å². The molecule has 6 nitrogen and oxygen atoms in total. The predicted octanol–water partition coefficient (Wildman–Crippen LogP) is 3.90. The van der Waals surface area contributed by atoms with Crippen molar-refractivity contribution < 1.29 is 17.9 Å². The van der Waals surface area contributed by atoms with E-state index in [9.17, 15) is 13.2 Å². The van der Waals surface area contributed by atoms with Gasteiger partial charge in [0.15, 0.2) is 0 Å². The van der Waals surface area contributed by atoms with E-state index < -0.39 is 15.9 Å². The molecule has 0 heterocycles. The number of hydrogen-bond acceptors (Lipinski definition) is 4. The first-order chi connectivity index (χ1) is 14.3. The molecule has 1 amide bonds. The smallest absolute Gasteiger partial charge is 0.241 e. The van der Waals surface area contributed by atoms with Gasteiger partial charge in [0, 0.05) is 6.54 Å². The van der Waals surface area contributed by atoms with Crippen molar-refractivity contribution >= 4 is 15.9 Å². The molecule has 162 valence electrons. The first-order valence-corrected chi connectivity index (χ1v) is 11.6. The first kappa shape index (κ1) is 23.6. The molecule has 0 radical (unpaired) electrons. The molecule has 0 spiro atoms. The Morgan fingerprint density at radius 3 is 2.70 bits per heavy atom. The topological polar surface area (TPSA) is 98.5 Å². The molecule has 3 N–H and O–H groups in total. The molecule has 30 heavy (non-hydrogen) atoms. The zero-order chi connectivity index (χ0) is 22.1. The summed E-state index contributed by atoms with van der Waals surface area (Å²) >= 11 is 0. The van der Waals surface area contributed by atoms with Crippen molar-refractivity contribution in [2.24, 2.45) is 11.1 Å². The van der Waals surface area contributed by atoms with Gasteiger partial charge in [0.25, 0.3) is 0 Å². The highest BCUT2D eigenvalue weighted by molar-refractivity contribution is 7.93. The van der Waals surface area contributed by atoms with Gasteiger partial charge in [-0.15, -0.1) is 0 Å². The lowest BCUT2D eigenvalue weighted by Crippen LogP contribution is -2.31. The van der Waals surface area contributed by atoms with Gasteiger partial charge in [0.2, 0.25) is 15.9 Å². The summed E-state index contributed by atoms with van der Waals surface area (Å²) in [6, 6.07) is 0. The van der Waals surface area contributed by atoms with Crippen LogP contribution in [0.2, 0.25) is 0 Å². The fourth-order valence-electron chi connectivity index (χ4n) is 2.97. The van der Waals surface area contributed by atoms with Crippen LogP contribution < -0.4 is 10.5 Å². The molecule has 0 fully saturated rings. The molecular weight excluding hydrogens is 400 g/mol. The van der Waals surface area contributed by atoms with Crippen LogP contribution in [0, 0.1) is 5.92 Å². The van der Waals surface area contributed by atoms with Crippen molar-refractivity contribution in [3.8, 4) is 0 Å². The van der Waals surface area contributed by atoms with Crippen LogP contribution in [0.25, 0.3) is 0 Å². The van der Waals surface area contributed by atoms with E-state index >= 15 is 0 Å². The molecule has 0 aromatic carbocycles. The van der Waals surface area contributed by atoms with E-state index in [4.69, 9.17) is 9.88 Å². The molecule has 2 rings (SSSR count). The van der Waals surface area contributed by atoms with Gasteiger partial charge in [-0.1, -0.05) is 50.3 Å². The molecule has 7 heteroatoms. The second-order valence-electron chi connectivity index (χ2n) is 7.08. The largest absolute Gasteiger partial charge is 0.456 e. The zero-order valence-electron chi connectivity index (χ0n) is 17.7. The van der Waals surface area contributed by atoms with Crippen LogP contribution in [0.1, 0.15) is 40.0 Å². The van der Waals surface area contributed by atoms with Gasteiger partial charge in [0.05, 0.1) is 5.92 Å². The van der Waals surface area contributed by atoms with Gasteiger partial charge in [-0.05, 0) is 55.6 Å². The average Bonchev–Trinajstić information content (AvgIpc) is 3.15. The van der Waals surface area contributed by atoms with Crippen molar-refractivity contribution in [1.29, 1.82) is 0 Å². The number of allylic oxidation sites excluding steroid dienone is 8. The molecular formula is C23H30N2O4S. The van der Waals surface area contributed by atoms with Crippen LogP contribution >= 0.6 is 0 Å². The van der Waals surface area contributed by atoms with E-state index in [2.05, 4.69) is 5.32 Å². The summed E-state index contributed by atoms with van der Waals surface area (Å²) in [4.78, 5) is 12.5. The molecule has 0 aromatic rings. The van der Waals surface area contributed by atoms with Crippen molar-refractivity contribution in [2.45, 2.75) is 40.0 Å². The molecule has 1 unspecified atom stereocenters. The van der Waals surface area contributed by atoms with Gasteiger partial charge in [0.1, 0.15) is 16.4 Å². The van der Waals surface area contributed by atoms with Crippen LogP contribution in [0.5, 0.6) is 0 Å². The van der Waals surface area contributed by atoms with Crippen molar-refractivity contribution in [1.82, 2.24) is 5.32 Å².